The van der Waals surface area contributed by atoms with Crippen molar-refractivity contribution in [3.8, 4) is 0 Å². The number of nitrogens with one attached hydrogen (secondary N) is 2. The maximum absolute atomic E-state index is 12.3. The van der Waals surface area contributed by atoms with Crippen molar-refractivity contribution < 1.29 is 4.79 Å². The van der Waals surface area contributed by atoms with Gasteiger partial charge in [0.25, 0.3) is 5.91 Å². The van der Waals surface area contributed by atoms with Crippen LogP contribution in [-0.2, 0) is 0 Å². The highest BCUT2D eigenvalue weighted by Gasteiger charge is 2.15. The molecule has 2 aromatic rings. The molecule has 1 unspecified atom stereocenters. The minimum Gasteiger partial charge on any atom is -0.369 e. The smallest absolute Gasteiger partial charge is 0.255 e. The van der Waals surface area contributed by atoms with E-state index in [1.165, 1.54) is 0 Å². The summed E-state index contributed by atoms with van der Waals surface area (Å²) in [5.41, 5.74) is 0.587. The Morgan fingerprint density at radius 3 is 2.95 bits per heavy atom. The lowest BCUT2D eigenvalue weighted by Gasteiger charge is -2.14. The molecule has 4 nitrogen and oxygen atoms in total. The Hall–Kier alpha value is -1.88. The molecule has 0 aromatic carbocycles. The summed E-state index contributed by atoms with van der Waals surface area (Å²) in [6, 6.07) is 7.58. The number of aromatic nitrogens is 1. The average Bonchev–Trinajstić information content (AvgIpc) is 2.99. The molecule has 106 valence electrons. The molecule has 2 rings (SSSR count). The molecule has 1 amide bonds. The van der Waals surface area contributed by atoms with Crippen LogP contribution in [0.15, 0.2) is 35.8 Å². The molecular weight excluding hydrogens is 270 g/mol. The highest BCUT2D eigenvalue weighted by molar-refractivity contribution is 7.10. The molecular formula is C15H19N3OS. The number of carbonyl (C=O) groups excluding carboxylic acids is 1. The van der Waals surface area contributed by atoms with Gasteiger partial charge in [-0.2, -0.15) is 0 Å². The number of thiophene rings is 1. The number of carbonyl (C=O) groups is 1. The van der Waals surface area contributed by atoms with E-state index in [2.05, 4.69) is 22.5 Å². The molecule has 0 bridgehead atoms. The molecule has 0 aliphatic carbocycles. The van der Waals surface area contributed by atoms with Gasteiger partial charge in [0.2, 0.25) is 0 Å². The van der Waals surface area contributed by atoms with E-state index in [0.717, 1.165) is 17.8 Å². The fraction of sp³-hybridized carbons (Fsp3) is 0.333. The second kappa shape index (κ2) is 7.05. The van der Waals surface area contributed by atoms with Crippen LogP contribution in [0.25, 0.3) is 0 Å². The molecule has 2 N–H and O–H groups in total. The molecule has 0 saturated carbocycles. The van der Waals surface area contributed by atoms with Crippen molar-refractivity contribution in [3.05, 3.63) is 46.3 Å². The first-order chi connectivity index (χ1) is 9.72. The van der Waals surface area contributed by atoms with Gasteiger partial charge in [0.15, 0.2) is 0 Å². The minimum atomic E-state index is -0.0994. The molecule has 0 aliphatic rings. The Bertz CT molecular complexity index is 554. The number of rotatable bonds is 6. The first-order valence-corrected chi connectivity index (χ1v) is 7.63. The monoisotopic (exact) mass is 289 g/mol. The van der Waals surface area contributed by atoms with Crippen LogP contribution < -0.4 is 10.6 Å². The van der Waals surface area contributed by atoms with Gasteiger partial charge in [-0.1, -0.05) is 13.0 Å². The van der Waals surface area contributed by atoms with Crippen molar-refractivity contribution in [2.75, 3.05) is 11.9 Å². The molecule has 1 atom stereocenters. The normalized spacial score (nSPS) is 11.9. The second-order valence-corrected chi connectivity index (χ2v) is 5.52. The topological polar surface area (TPSA) is 54.0 Å². The molecule has 20 heavy (non-hydrogen) atoms. The molecule has 5 heteroatoms. The fourth-order valence-corrected chi connectivity index (χ4v) is 2.59. The summed E-state index contributed by atoms with van der Waals surface area (Å²) >= 11 is 1.64. The lowest BCUT2D eigenvalue weighted by atomic mass is 10.2. The maximum atomic E-state index is 12.3. The van der Waals surface area contributed by atoms with Gasteiger partial charge >= 0.3 is 0 Å². The summed E-state index contributed by atoms with van der Waals surface area (Å²) in [6.45, 7) is 4.87. The van der Waals surface area contributed by atoms with Crippen LogP contribution >= 0.6 is 11.3 Å². The van der Waals surface area contributed by atoms with Crippen molar-refractivity contribution in [1.29, 1.82) is 0 Å². The number of hydrogen-bond donors (Lipinski definition) is 2. The highest BCUT2D eigenvalue weighted by Crippen LogP contribution is 2.19. The third-order valence-corrected chi connectivity index (χ3v) is 3.97. The van der Waals surface area contributed by atoms with Crippen molar-refractivity contribution in [2.24, 2.45) is 0 Å². The molecule has 0 saturated heterocycles. The molecule has 2 aromatic heterocycles. The van der Waals surface area contributed by atoms with Gasteiger partial charge < -0.3 is 10.6 Å². The first kappa shape index (κ1) is 14.5. The Kier molecular flexibility index (Phi) is 5.12. The lowest BCUT2D eigenvalue weighted by Crippen LogP contribution is -2.27. The molecule has 0 spiro atoms. The van der Waals surface area contributed by atoms with Crippen LogP contribution in [0.5, 0.6) is 0 Å². The number of amides is 1. The zero-order chi connectivity index (χ0) is 14.4. The number of hydrogen-bond acceptors (Lipinski definition) is 4. The summed E-state index contributed by atoms with van der Waals surface area (Å²) in [4.78, 5) is 17.7. The van der Waals surface area contributed by atoms with Crippen molar-refractivity contribution in [2.45, 2.75) is 26.3 Å². The van der Waals surface area contributed by atoms with E-state index in [0.29, 0.717) is 11.4 Å². The summed E-state index contributed by atoms with van der Waals surface area (Å²) in [6.07, 6.45) is 2.68. The Morgan fingerprint density at radius 2 is 2.25 bits per heavy atom. The van der Waals surface area contributed by atoms with Crippen LogP contribution in [0.3, 0.4) is 0 Å². The Balaban J connectivity index is 2.09. The van der Waals surface area contributed by atoms with E-state index in [4.69, 9.17) is 0 Å². The van der Waals surface area contributed by atoms with Gasteiger partial charge in [-0.25, -0.2) is 4.98 Å². The molecule has 0 aliphatic heterocycles. The minimum absolute atomic E-state index is 0.00160. The van der Waals surface area contributed by atoms with Gasteiger partial charge in [-0.05, 0) is 36.9 Å². The average molecular weight is 289 g/mol. The van der Waals surface area contributed by atoms with E-state index < -0.39 is 0 Å². The number of anilines is 1. The van der Waals surface area contributed by atoms with Crippen molar-refractivity contribution in [1.82, 2.24) is 10.3 Å². The third kappa shape index (κ3) is 3.57. The SMILES string of the molecule is CCCNc1ncccc1C(=O)NC(C)c1cccs1. The highest BCUT2D eigenvalue weighted by atomic mass is 32.1. The number of pyridine rings is 1. The lowest BCUT2D eigenvalue weighted by molar-refractivity contribution is 0.0941. The summed E-state index contributed by atoms with van der Waals surface area (Å²) < 4.78 is 0. The van der Waals surface area contributed by atoms with E-state index in [1.54, 1.807) is 29.7 Å². The van der Waals surface area contributed by atoms with E-state index >= 15 is 0 Å². The predicted molar refractivity (Wildman–Crippen MR) is 83.2 cm³/mol. The second-order valence-electron chi connectivity index (χ2n) is 4.54. The van der Waals surface area contributed by atoms with E-state index in [9.17, 15) is 4.79 Å². The molecule has 0 radical (unpaired) electrons. The van der Waals surface area contributed by atoms with Gasteiger partial charge in [0, 0.05) is 17.6 Å². The van der Waals surface area contributed by atoms with Crippen LogP contribution in [0.4, 0.5) is 5.82 Å². The van der Waals surface area contributed by atoms with Gasteiger partial charge in [0.05, 0.1) is 11.6 Å². The van der Waals surface area contributed by atoms with Crippen molar-refractivity contribution in [3.63, 3.8) is 0 Å². The van der Waals surface area contributed by atoms with Crippen molar-refractivity contribution >= 4 is 23.1 Å². The maximum Gasteiger partial charge on any atom is 0.255 e. The van der Waals surface area contributed by atoms with Crippen LogP contribution in [-0.4, -0.2) is 17.4 Å². The van der Waals surface area contributed by atoms with E-state index in [1.807, 2.05) is 24.4 Å². The van der Waals surface area contributed by atoms with E-state index in [-0.39, 0.29) is 11.9 Å². The zero-order valence-electron chi connectivity index (χ0n) is 11.7. The fourth-order valence-electron chi connectivity index (χ4n) is 1.86. The largest absolute Gasteiger partial charge is 0.369 e. The molecule has 2 heterocycles. The standard InChI is InChI=1S/C15H19N3OS/c1-3-8-16-14-12(6-4-9-17-14)15(19)18-11(2)13-7-5-10-20-13/h4-7,9-11H,3,8H2,1-2H3,(H,16,17)(H,18,19). The zero-order valence-corrected chi connectivity index (χ0v) is 12.5. The summed E-state index contributed by atoms with van der Waals surface area (Å²) in [5.74, 6) is 0.544. The van der Waals surface area contributed by atoms with Gasteiger partial charge in [0.1, 0.15) is 5.82 Å². The summed E-state index contributed by atoms with van der Waals surface area (Å²) in [7, 11) is 0. The third-order valence-electron chi connectivity index (χ3n) is 2.91. The first-order valence-electron chi connectivity index (χ1n) is 6.75. The predicted octanol–water partition coefficient (Wildman–Crippen LogP) is 3.46. The number of nitrogens with zero attached hydrogens (tertiary/aromatic N) is 1. The van der Waals surface area contributed by atoms with Gasteiger partial charge in [-0.15, -0.1) is 11.3 Å². The van der Waals surface area contributed by atoms with Gasteiger partial charge in [-0.3, -0.25) is 4.79 Å². The Morgan fingerprint density at radius 1 is 1.40 bits per heavy atom. The Labute approximate surface area is 123 Å². The van der Waals surface area contributed by atoms with Crippen LogP contribution in [0, 0.1) is 0 Å². The molecule has 0 fully saturated rings. The van der Waals surface area contributed by atoms with Crippen LogP contribution in [0.2, 0.25) is 0 Å². The van der Waals surface area contributed by atoms with Crippen LogP contribution in [0.1, 0.15) is 41.5 Å². The quantitative estimate of drug-likeness (QED) is 0.856. The summed E-state index contributed by atoms with van der Waals surface area (Å²) in [5, 5.41) is 8.20.